The van der Waals surface area contributed by atoms with Gasteiger partial charge in [-0.25, -0.2) is 0 Å². The Kier molecular flexibility index (Phi) is 4.29. The van der Waals surface area contributed by atoms with Crippen LogP contribution in [0.25, 0.3) is 0 Å². The maximum atomic E-state index is 5.85. The van der Waals surface area contributed by atoms with Crippen LogP contribution >= 0.6 is 0 Å². The molecule has 2 aromatic rings. The van der Waals surface area contributed by atoms with Gasteiger partial charge in [-0.1, -0.05) is 24.6 Å². The number of nitrogens with two attached hydrogens (primary N) is 1. The zero-order valence-corrected chi connectivity index (χ0v) is 11.3. The summed E-state index contributed by atoms with van der Waals surface area (Å²) in [4.78, 5) is 0. The van der Waals surface area contributed by atoms with Crippen molar-refractivity contribution in [1.82, 2.24) is 0 Å². The number of ether oxygens (including phenoxy) is 2. The Labute approximate surface area is 114 Å². The van der Waals surface area contributed by atoms with Crippen LogP contribution in [0.5, 0.6) is 17.2 Å². The predicted octanol–water partition coefficient (Wildman–Crippen LogP) is 4.16. The molecule has 0 saturated carbocycles. The summed E-state index contributed by atoms with van der Waals surface area (Å²) < 4.78 is 11.3. The molecule has 0 aromatic heterocycles. The fourth-order valence-electron chi connectivity index (χ4n) is 1.70. The minimum absolute atomic E-state index is 0.635. The van der Waals surface area contributed by atoms with Gasteiger partial charge in [0.2, 0.25) is 0 Å². The second-order valence-electron chi connectivity index (χ2n) is 4.50. The topological polar surface area (TPSA) is 44.5 Å². The summed E-state index contributed by atoms with van der Waals surface area (Å²) >= 11 is 0. The predicted molar refractivity (Wildman–Crippen MR) is 77.9 cm³/mol. The van der Waals surface area contributed by atoms with Crippen LogP contribution in [0, 0.1) is 6.92 Å². The molecule has 0 heterocycles. The Hall–Kier alpha value is -2.16. The third-order valence-corrected chi connectivity index (χ3v) is 2.63. The molecule has 0 saturated heterocycles. The first-order chi connectivity index (χ1) is 9.17. The first kappa shape index (κ1) is 13.3. The summed E-state index contributed by atoms with van der Waals surface area (Å²) in [5, 5.41) is 0. The molecule has 0 spiro atoms. The Morgan fingerprint density at radius 1 is 0.947 bits per heavy atom. The van der Waals surface area contributed by atoms with E-state index in [1.807, 2.05) is 37.3 Å². The van der Waals surface area contributed by atoms with Gasteiger partial charge in [-0.3, -0.25) is 0 Å². The summed E-state index contributed by atoms with van der Waals surface area (Å²) in [6.07, 6.45) is 0.961. The van der Waals surface area contributed by atoms with Crippen LogP contribution in [-0.2, 0) is 0 Å². The molecule has 19 heavy (non-hydrogen) atoms. The van der Waals surface area contributed by atoms with Gasteiger partial charge in [0.25, 0.3) is 0 Å². The van der Waals surface area contributed by atoms with Crippen molar-refractivity contribution in [2.75, 3.05) is 12.3 Å². The number of anilines is 1. The molecule has 100 valence electrons. The smallest absolute Gasteiger partial charge is 0.133 e. The van der Waals surface area contributed by atoms with Crippen LogP contribution in [0.4, 0.5) is 5.69 Å². The van der Waals surface area contributed by atoms with Gasteiger partial charge in [0, 0.05) is 23.9 Å². The molecule has 0 bridgehead atoms. The van der Waals surface area contributed by atoms with E-state index in [0.29, 0.717) is 18.0 Å². The normalized spacial score (nSPS) is 10.2. The summed E-state index contributed by atoms with van der Waals surface area (Å²) in [6, 6.07) is 13.3. The van der Waals surface area contributed by atoms with Crippen molar-refractivity contribution in [1.29, 1.82) is 0 Å². The molecule has 0 amide bonds. The van der Waals surface area contributed by atoms with Gasteiger partial charge in [-0.2, -0.15) is 0 Å². The maximum absolute atomic E-state index is 5.85. The van der Waals surface area contributed by atoms with Gasteiger partial charge in [-0.15, -0.1) is 0 Å². The average Bonchev–Trinajstić information content (AvgIpc) is 2.38. The second-order valence-corrected chi connectivity index (χ2v) is 4.50. The highest BCUT2D eigenvalue weighted by Crippen LogP contribution is 2.28. The molecule has 3 heteroatoms. The lowest BCUT2D eigenvalue weighted by molar-refractivity contribution is 0.316. The van der Waals surface area contributed by atoms with Crippen LogP contribution in [0.1, 0.15) is 18.9 Å². The highest BCUT2D eigenvalue weighted by Gasteiger charge is 2.02. The van der Waals surface area contributed by atoms with Gasteiger partial charge in [0.1, 0.15) is 17.2 Å². The van der Waals surface area contributed by atoms with E-state index >= 15 is 0 Å². The monoisotopic (exact) mass is 257 g/mol. The fraction of sp³-hybridized carbons (Fsp3) is 0.250. The lowest BCUT2D eigenvalue weighted by Gasteiger charge is -2.10. The van der Waals surface area contributed by atoms with E-state index in [4.69, 9.17) is 15.2 Å². The molecular weight excluding hydrogens is 238 g/mol. The molecule has 0 unspecified atom stereocenters. The Morgan fingerprint density at radius 3 is 2.32 bits per heavy atom. The standard InChI is InChI=1S/C16H19NO2/c1-3-8-18-15-9-13(17)10-16(11-15)19-14-6-4-12(2)5-7-14/h4-7,9-11H,3,8,17H2,1-2H3. The molecule has 2 aromatic carbocycles. The van der Waals surface area contributed by atoms with E-state index < -0.39 is 0 Å². The van der Waals surface area contributed by atoms with E-state index in [9.17, 15) is 0 Å². The van der Waals surface area contributed by atoms with E-state index in [0.717, 1.165) is 17.9 Å². The van der Waals surface area contributed by atoms with Crippen molar-refractivity contribution in [3.05, 3.63) is 48.0 Å². The summed E-state index contributed by atoms with van der Waals surface area (Å²) in [5.41, 5.74) is 7.68. The molecule has 0 fully saturated rings. The lowest BCUT2D eigenvalue weighted by Crippen LogP contribution is -1.97. The quantitative estimate of drug-likeness (QED) is 0.818. The Balaban J connectivity index is 2.15. The largest absolute Gasteiger partial charge is 0.493 e. The highest BCUT2D eigenvalue weighted by molar-refractivity contribution is 5.51. The zero-order valence-electron chi connectivity index (χ0n) is 11.3. The van der Waals surface area contributed by atoms with Crippen LogP contribution in [0.15, 0.2) is 42.5 Å². The van der Waals surface area contributed by atoms with E-state index in [1.165, 1.54) is 5.56 Å². The summed E-state index contributed by atoms with van der Waals surface area (Å²) in [5.74, 6) is 2.22. The first-order valence-corrected chi connectivity index (χ1v) is 6.45. The SMILES string of the molecule is CCCOc1cc(N)cc(Oc2ccc(C)cc2)c1. The number of benzene rings is 2. The van der Waals surface area contributed by atoms with E-state index in [1.54, 1.807) is 12.1 Å². The Bertz CT molecular complexity index is 535. The summed E-state index contributed by atoms with van der Waals surface area (Å²) in [7, 11) is 0. The van der Waals surface area contributed by atoms with Crippen molar-refractivity contribution < 1.29 is 9.47 Å². The molecular formula is C16H19NO2. The molecule has 0 aliphatic heterocycles. The number of nitrogen functional groups attached to an aromatic ring is 1. The third kappa shape index (κ3) is 3.91. The Morgan fingerprint density at radius 2 is 1.63 bits per heavy atom. The highest BCUT2D eigenvalue weighted by atomic mass is 16.5. The van der Waals surface area contributed by atoms with Gasteiger partial charge in [0.05, 0.1) is 6.61 Å². The molecule has 0 radical (unpaired) electrons. The average molecular weight is 257 g/mol. The van der Waals surface area contributed by atoms with Crippen molar-refractivity contribution in [3.63, 3.8) is 0 Å². The van der Waals surface area contributed by atoms with Crippen molar-refractivity contribution in [3.8, 4) is 17.2 Å². The van der Waals surface area contributed by atoms with Crippen molar-refractivity contribution in [2.24, 2.45) is 0 Å². The lowest BCUT2D eigenvalue weighted by atomic mass is 10.2. The fourth-order valence-corrected chi connectivity index (χ4v) is 1.70. The van der Waals surface area contributed by atoms with Crippen molar-refractivity contribution >= 4 is 5.69 Å². The maximum Gasteiger partial charge on any atom is 0.133 e. The molecule has 0 aliphatic carbocycles. The number of hydrogen-bond donors (Lipinski definition) is 1. The van der Waals surface area contributed by atoms with Crippen LogP contribution in [0.3, 0.4) is 0 Å². The summed E-state index contributed by atoms with van der Waals surface area (Å²) in [6.45, 7) is 4.78. The minimum Gasteiger partial charge on any atom is -0.493 e. The van der Waals surface area contributed by atoms with Gasteiger partial charge in [-0.05, 0) is 25.5 Å². The minimum atomic E-state index is 0.635. The van der Waals surface area contributed by atoms with Gasteiger partial charge < -0.3 is 15.2 Å². The second kappa shape index (κ2) is 6.14. The number of hydrogen-bond acceptors (Lipinski definition) is 3. The zero-order chi connectivity index (χ0) is 13.7. The molecule has 3 nitrogen and oxygen atoms in total. The molecule has 0 atom stereocenters. The van der Waals surface area contributed by atoms with E-state index in [-0.39, 0.29) is 0 Å². The van der Waals surface area contributed by atoms with E-state index in [2.05, 4.69) is 6.92 Å². The van der Waals surface area contributed by atoms with Crippen LogP contribution < -0.4 is 15.2 Å². The first-order valence-electron chi connectivity index (χ1n) is 6.45. The number of aryl methyl sites for hydroxylation is 1. The van der Waals surface area contributed by atoms with Gasteiger partial charge in [0.15, 0.2) is 0 Å². The van der Waals surface area contributed by atoms with Crippen LogP contribution in [-0.4, -0.2) is 6.61 Å². The van der Waals surface area contributed by atoms with Crippen molar-refractivity contribution in [2.45, 2.75) is 20.3 Å². The number of rotatable bonds is 5. The molecule has 2 N–H and O–H groups in total. The van der Waals surface area contributed by atoms with Crippen LogP contribution in [0.2, 0.25) is 0 Å². The third-order valence-electron chi connectivity index (χ3n) is 2.63. The molecule has 2 rings (SSSR count). The molecule has 0 aliphatic rings. The van der Waals surface area contributed by atoms with Gasteiger partial charge >= 0.3 is 0 Å².